The fraction of sp³-hybridized carbons (Fsp3) is 0.625. The Labute approximate surface area is 84.8 Å². The van der Waals surface area contributed by atoms with Crippen LogP contribution in [-0.4, -0.2) is 34.0 Å². The number of thioether (sulfide) groups is 1. The van der Waals surface area contributed by atoms with E-state index in [9.17, 15) is 14.4 Å². The lowest BCUT2D eigenvalue weighted by Crippen LogP contribution is -2.18. The lowest BCUT2D eigenvalue weighted by molar-refractivity contribution is -0.157. The molecular formula is C8H10O5S. The molecule has 0 aromatic carbocycles. The quantitative estimate of drug-likeness (QED) is 0.685. The zero-order valence-corrected chi connectivity index (χ0v) is 8.37. The summed E-state index contributed by atoms with van der Waals surface area (Å²) < 4.78 is 4.60. The molecule has 0 unspecified atom stereocenters. The van der Waals surface area contributed by atoms with Crippen molar-refractivity contribution in [3.63, 3.8) is 0 Å². The number of rotatable bonds is 3. The van der Waals surface area contributed by atoms with E-state index in [-0.39, 0.29) is 11.5 Å². The average Bonchev–Trinajstić information content (AvgIpc) is 2.43. The Kier molecular flexibility index (Phi) is 3.51. The first-order valence-electron chi connectivity index (χ1n) is 4.07. The van der Waals surface area contributed by atoms with Crippen molar-refractivity contribution in [2.45, 2.75) is 19.4 Å². The molecule has 1 saturated heterocycles. The molecule has 78 valence electrons. The minimum Gasteiger partial charge on any atom is -0.479 e. The molecule has 0 spiro atoms. The molecule has 1 heterocycles. The summed E-state index contributed by atoms with van der Waals surface area (Å²) in [6.07, 6.45) is -0.880. The Bertz CT molecular complexity index is 275. The molecule has 0 amide bonds. The van der Waals surface area contributed by atoms with Crippen LogP contribution < -0.4 is 0 Å². The van der Waals surface area contributed by atoms with Gasteiger partial charge in [-0.05, 0) is 0 Å². The van der Waals surface area contributed by atoms with Gasteiger partial charge in [-0.25, -0.2) is 4.79 Å². The van der Waals surface area contributed by atoms with Gasteiger partial charge in [0, 0.05) is 19.1 Å². The van der Waals surface area contributed by atoms with Crippen molar-refractivity contribution in [2.24, 2.45) is 5.92 Å². The Morgan fingerprint density at radius 2 is 2.29 bits per heavy atom. The van der Waals surface area contributed by atoms with Crippen LogP contribution in [0.5, 0.6) is 0 Å². The highest BCUT2D eigenvalue weighted by Crippen LogP contribution is 2.25. The summed E-state index contributed by atoms with van der Waals surface area (Å²) in [7, 11) is 0. The maximum absolute atomic E-state index is 11.1. The molecule has 0 aromatic rings. The van der Waals surface area contributed by atoms with Gasteiger partial charge in [0.2, 0.25) is 0 Å². The molecule has 0 saturated carbocycles. The largest absolute Gasteiger partial charge is 0.479 e. The second kappa shape index (κ2) is 4.45. The lowest BCUT2D eigenvalue weighted by Gasteiger charge is -2.00. The van der Waals surface area contributed by atoms with Crippen LogP contribution in [0, 0.1) is 5.92 Å². The Hall–Kier alpha value is -1.04. The van der Waals surface area contributed by atoms with Gasteiger partial charge in [0.15, 0.2) is 11.2 Å². The second-order valence-electron chi connectivity index (χ2n) is 3.00. The van der Waals surface area contributed by atoms with Crippen LogP contribution in [0.1, 0.15) is 13.3 Å². The number of hydrogen-bond donors (Lipinski definition) is 1. The topological polar surface area (TPSA) is 80.7 Å². The SMILES string of the molecule is CC(=O)SC[C@H]1C[C@H](C(=O)O)OC1=O. The van der Waals surface area contributed by atoms with E-state index >= 15 is 0 Å². The smallest absolute Gasteiger partial charge is 0.345 e. The predicted molar refractivity (Wildman–Crippen MR) is 48.8 cm³/mol. The van der Waals surface area contributed by atoms with Crippen LogP contribution in [0.25, 0.3) is 0 Å². The molecule has 1 aliphatic rings. The number of carbonyl (C=O) groups is 3. The van der Waals surface area contributed by atoms with Crippen molar-refractivity contribution in [1.29, 1.82) is 0 Å². The zero-order valence-electron chi connectivity index (χ0n) is 7.56. The molecule has 1 N–H and O–H groups in total. The first-order valence-corrected chi connectivity index (χ1v) is 5.06. The average molecular weight is 218 g/mol. The summed E-state index contributed by atoms with van der Waals surface area (Å²) in [5, 5.41) is 8.49. The number of carboxylic acids is 1. The van der Waals surface area contributed by atoms with Gasteiger partial charge in [-0.15, -0.1) is 0 Å². The Morgan fingerprint density at radius 3 is 2.71 bits per heavy atom. The van der Waals surface area contributed by atoms with Gasteiger partial charge in [0.1, 0.15) is 0 Å². The number of carbonyl (C=O) groups excluding carboxylic acids is 2. The van der Waals surface area contributed by atoms with Crippen molar-refractivity contribution >= 4 is 28.8 Å². The Morgan fingerprint density at radius 1 is 1.64 bits per heavy atom. The van der Waals surface area contributed by atoms with E-state index in [2.05, 4.69) is 4.74 Å². The van der Waals surface area contributed by atoms with Crippen molar-refractivity contribution in [3.05, 3.63) is 0 Å². The van der Waals surface area contributed by atoms with Crippen LogP contribution in [0.4, 0.5) is 0 Å². The normalized spacial score (nSPS) is 25.9. The van der Waals surface area contributed by atoms with Crippen molar-refractivity contribution in [2.75, 3.05) is 5.75 Å². The summed E-state index contributed by atoms with van der Waals surface area (Å²) in [4.78, 5) is 32.2. The number of esters is 1. The summed E-state index contributed by atoms with van der Waals surface area (Å²) >= 11 is 1.01. The fourth-order valence-electron chi connectivity index (χ4n) is 1.14. The van der Waals surface area contributed by atoms with Gasteiger partial charge >= 0.3 is 11.9 Å². The molecule has 0 radical (unpaired) electrons. The van der Waals surface area contributed by atoms with Crippen LogP contribution in [0.2, 0.25) is 0 Å². The molecule has 2 atom stereocenters. The summed E-state index contributed by atoms with van der Waals surface area (Å²) in [6, 6.07) is 0. The minimum absolute atomic E-state index is 0.0865. The van der Waals surface area contributed by atoms with E-state index in [1.165, 1.54) is 6.92 Å². The van der Waals surface area contributed by atoms with E-state index in [1.807, 2.05) is 0 Å². The van der Waals surface area contributed by atoms with E-state index < -0.39 is 24.0 Å². The van der Waals surface area contributed by atoms with Gasteiger partial charge < -0.3 is 9.84 Å². The maximum atomic E-state index is 11.1. The van der Waals surface area contributed by atoms with Crippen molar-refractivity contribution in [3.8, 4) is 0 Å². The van der Waals surface area contributed by atoms with Crippen LogP contribution in [0.15, 0.2) is 0 Å². The van der Waals surface area contributed by atoms with Crippen molar-refractivity contribution < 1.29 is 24.2 Å². The standard InChI is InChI=1S/C8H10O5S/c1-4(9)14-3-5-2-6(7(10)11)13-8(5)12/h5-6H,2-3H2,1H3,(H,10,11)/t5-,6-/m1/s1. The third-order valence-corrected chi connectivity index (χ3v) is 2.83. The number of cyclic esters (lactones) is 1. The summed E-state index contributed by atoms with van der Waals surface area (Å²) in [5.74, 6) is -1.82. The highest BCUT2D eigenvalue weighted by molar-refractivity contribution is 8.13. The van der Waals surface area contributed by atoms with Crippen LogP contribution >= 0.6 is 11.8 Å². The van der Waals surface area contributed by atoms with E-state index in [0.717, 1.165) is 11.8 Å². The molecule has 1 rings (SSSR count). The second-order valence-corrected chi connectivity index (χ2v) is 4.20. The number of ether oxygens (including phenoxy) is 1. The molecule has 0 bridgehead atoms. The molecule has 5 nitrogen and oxygen atoms in total. The zero-order chi connectivity index (χ0) is 10.7. The van der Waals surface area contributed by atoms with Gasteiger partial charge in [-0.1, -0.05) is 11.8 Å². The van der Waals surface area contributed by atoms with Gasteiger partial charge in [0.05, 0.1) is 5.92 Å². The number of carboxylic acid groups (broad SMARTS) is 1. The van der Waals surface area contributed by atoms with Gasteiger partial charge in [-0.3, -0.25) is 9.59 Å². The third-order valence-electron chi connectivity index (χ3n) is 1.85. The molecular weight excluding hydrogens is 208 g/mol. The molecule has 0 aliphatic carbocycles. The van der Waals surface area contributed by atoms with Crippen LogP contribution in [-0.2, 0) is 19.1 Å². The molecule has 14 heavy (non-hydrogen) atoms. The summed E-state index contributed by atoms with van der Waals surface area (Å²) in [6.45, 7) is 1.40. The Balaban J connectivity index is 2.44. The predicted octanol–water partition coefficient (Wildman–Crippen LogP) is 0.282. The van der Waals surface area contributed by atoms with Gasteiger partial charge in [-0.2, -0.15) is 0 Å². The first kappa shape index (κ1) is 11.0. The van der Waals surface area contributed by atoms with Gasteiger partial charge in [0.25, 0.3) is 0 Å². The molecule has 6 heteroatoms. The highest BCUT2D eigenvalue weighted by Gasteiger charge is 2.38. The highest BCUT2D eigenvalue weighted by atomic mass is 32.2. The summed E-state index contributed by atoms with van der Waals surface area (Å²) in [5.41, 5.74) is 0. The number of hydrogen-bond acceptors (Lipinski definition) is 5. The lowest BCUT2D eigenvalue weighted by atomic mass is 10.1. The molecule has 1 aliphatic heterocycles. The fourth-order valence-corrected chi connectivity index (χ4v) is 1.85. The first-order chi connectivity index (χ1) is 6.50. The van der Waals surface area contributed by atoms with E-state index in [0.29, 0.717) is 5.75 Å². The van der Waals surface area contributed by atoms with Crippen LogP contribution in [0.3, 0.4) is 0 Å². The monoisotopic (exact) mass is 218 g/mol. The minimum atomic E-state index is -1.13. The number of aliphatic carboxylic acids is 1. The van der Waals surface area contributed by atoms with E-state index in [4.69, 9.17) is 5.11 Å². The maximum Gasteiger partial charge on any atom is 0.345 e. The molecule has 1 fully saturated rings. The van der Waals surface area contributed by atoms with E-state index in [1.54, 1.807) is 0 Å². The van der Waals surface area contributed by atoms with Crippen molar-refractivity contribution in [1.82, 2.24) is 0 Å². The molecule has 0 aromatic heterocycles. The third kappa shape index (κ3) is 2.73.